The maximum absolute atomic E-state index is 12.3. The van der Waals surface area contributed by atoms with Crippen molar-refractivity contribution in [3.05, 3.63) is 0 Å². The maximum atomic E-state index is 12.3. The Hall–Kier alpha value is -0.740. The van der Waals surface area contributed by atoms with Gasteiger partial charge in [-0.1, -0.05) is 13.8 Å². The third-order valence-corrected chi connectivity index (χ3v) is 9.17. The van der Waals surface area contributed by atoms with E-state index in [-0.39, 0.29) is 5.41 Å². The highest BCUT2D eigenvalue weighted by atomic mass is 16.3. The summed E-state index contributed by atoms with van der Waals surface area (Å²) in [5.41, 5.74) is -1.67. The zero-order chi connectivity index (χ0) is 18.0. The number of ketones is 2. The topological polar surface area (TPSA) is 74.6 Å². The molecule has 0 bridgehead atoms. The van der Waals surface area contributed by atoms with E-state index >= 15 is 0 Å². The van der Waals surface area contributed by atoms with Crippen LogP contribution in [-0.4, -0.2) is 34.0 Å². The van der Waals surface area contributed by atoms with Crippen LogP contribution in [0.5, 0.6) is 0 Å². The van der Waals surface area contributed by atoms with Crippen molar-refractivity contribution in [1.82, 2.24) is 0 Å². The largest absolute Gasteiger partial charge is 0.388 e. The molecule has 7 atom stereocenters. The molecule has 0 aliphatic heterocycles. The van der Waals surface area contributed by atoms with Crippen LogP contribution in [0.4, 0.5) is 0 Å². The number of carbonyl (C=O) groups excluding carboxylic acids is 2. The summed E-state index contributed by atoms with van der Waals surface area (Å²) in [6.07, 6.45) is 8.06. The van der Waals surface area contributed by atoms with Crippen LogP contribution in [0, 0.1) is 34.5 Å². The summed E-state index contributed by atoms with van der Waals surface area (Å²) in [6, 6.07) is 0. The number of hydrogen-bond acceptors (Lipinski definition) is 4. The number of rotatable bonds is 2. The monoisotopic (exact) mass is 348 g/mol. The highest BCUT2D eigenvalue weighted by Gasteiger charge is 2.66. The van der Waals surface area contributed by atoms with E-state index in [4.69, 9.17) is 0 Å². The number of carbonyl (C=O) groups is 2. The van der Waals surface area contributed by atoms with E-state index in [9.17, 15) is 19.8 Å². The summed E-state index contributed by atoms with van der Waals surface area (Å²) in [5.74, 6) is 2.07. The first-order chi connectivity index (χ1) is 11.8. The number of aliphatic hydroxyl groups is 2. The Kier molecular flexibility index (Phi) is 3.98. The predicted molar refractivity (Wildman–Crippen MR) is 93.8 cm³/mol. The molecule has 25 heavy (non-hydrogen) atoms. The number of hydrogen-bond donors (Lipinski definition) is 2. The van der Waals surface area contributed by atoms with Crippen LogP contribution in [0.1, 0.15) is 71.6 Å². The van der Waals surface area contributed by atoms with Crippen LogP contribution in [0.2, 0.25) is 0 Å². The molecule has 0 amide bonds. The highest BCUT2D eigenvalue weighted by molar-refractivity contribution is 5.89. The van der Waals surface area contributed by atoms with Crippen molar-refractivity contribution in [2.45, 2.75) is 77.2 Å². The minimum absolute atomic E-state index is 0.112. The van der Waals surface area contributed by atoms with Crippen molar-refractivity contribution in [1.29, 1.82) is 0 Å². The zero-order valence-electron chi connectivity index (χ0n) is 15.6. The molecule has 4 nitrogen and oxygen atoms in total. The standard InChI is InChI=1S/C21H32O4/c1-19-11-14(23)5-3-13(19)4-6-15-16(19)7-9-20(2)17(15)8-10-21(20,25)18(24)12-22/h13,15-17,22,25H,3-12H2,1-2H3/t13?,15-,16+,17+,19+,20+,21+/m1/s1. The van der Waals surface area contributed by atoms with Crippen molar-refractivity contribution in [2.24, 2.45) is 34.5 Å². The molecule has 4 fully saturated rings. The summed E-state index contributed by atoms with van der Waals surface area (Å²) in [6.45, 7) is 3.85. The Morgan fingerprint density at radius 2 is 1.80 bits per heavy atom. The maximum Gasteiger partial charge on any atom is 0.190 e. The Morgan fingerprint density at radius 3 is 2.52 bits per heavy atom. The third kappa shape index (κ3) is 2.19. The number of Topliss-reactive ketones (excluding diaryl/α,β-unsaturated/α-hetero) is 2. The fraction of sp³-hybridized carbons (Fsp3) is 0.905. The van der Waals surface area contributed by atoms with Gasteiger partial charge >= 0.3 is 0 Å². The van der Waals surface area contributed by atoms with Crippen molar-refractivity contribution in [2.75, 3.05) is 6.61 Å². The van der Waals surface area contributed by atoms with Crippen molar-refractivity contribution >= 4 is 11.6 Å². The molecule has 0 radical (unpaired) electrons. The molecule has 4 rings (SSSR count). The normalized spacial score (nSPS) is 52.2. The van der Waals surface area contributed by atoms with Crippen LogP contribution < -0.4 is 0 Å². The van der Waals surface area contributed by atoms with Gasteiger partial charge in [0.2, 0.25) is 0 Å². The summed E-state index contributed by atoms with van der Waals surface area (Å²) < 4.78 is 0. The van der Waals surface area contributed by atoms with Gasteiger partial charge in [-0.2, -0.15) is 0 Å². The van der Waals surface area contributed by atoms with Crippen LogP contribution >= 0.6 is 0 Å². The molecule has 4 heteroatoms. The van der Waals surface area contributed by atoms with Crippen LogP contribution in [-0.2, 0) is 9.59 Å². The molecule has 4 saturated carbocycles. The first kappa shape index (κ1) is 17.7. The molecule has 0 spiro atoms. The molecule has 0 aromatic rings. The highest BCUT2D eigenvalue weighted by Crippen LogP contribution is 2.68. The molecule has 140 valence electrons. The predicted octanol–water partition coefficient (Wildman–Crippen LogP) is 2.89. The van der Waals surface area contributed by atoms with E-state index < -0.39 is 23.4 Å². The molecule has 0 saturated heterocycles. The van der Waals surface area contributed by atoms with Gasteiger partial charge in [-0.15, -0.1) is 0 Å². The van der Waals surface area contributed by atoms with E-state index in [0.717, 1.165) is 38.5 Å². The van der Waals surface area contributed by atoms with Gasteiger partial charge < -0.3 is 10.2 Å². The van der Waals surface area contributed by atoms with Crippen LogP contribution in [0.15, 0.2) is 0 Å². The van der Waals surface area contributed by atoms with Gasteiger partial charge in [0.15, 0.2) is 5.78 Å². The lowest BCUT2D eigenvalue weighted by Gasteiger charge is -2.60. The van der Waals surface area contributed by atoms with Crippen molar-refractivity contribution < 1.29 is 19.8 Å². The van der Waals surface area contributed by atoms with E-state index in [1.165, 1.54) is 12.8 Å². The number of aliphatic hydroxyl groups excluding tert-OH is 1. The minimum atomic E-state index is -1.36. The summed E-state index contributed by atoms with van der Waals surface area (Å²) in [5, 5.41) is 20.6. The second kappa shape index (κ2) is 5.63. The van der Waals surface area contributed by atoms with Gasteiger partial charge in [0.25, 0.3) is 0 Å². The van der Waals surface area contributed by atoms with Gasteiger partial charge in [0, 0.05) is 18.3 Å². The van der Waals surface area contributed by atoms with Gasteiger partial charge in [0.05, 0.1) is 0 Å². The SMILES string of the molecule is C[C@]12CC(=O)CCC1CC[C@@H]1[C@@H]2CC[C@@]2(C)[C@H]1CC[C@]2(O)C(=O)CO. The molecule has 0 heterocycles. The number of fused-ring (bicyclic) bond motifs is 5. The zero-order valence-corrected chi connectivity index (χ0v) is 15.6. The first-order valence-corrected chi connectivity index (χ1v) is 10.1. The van der Waals surface area contributed by atoms with E-state index in [0.29, 0.717) is 35.9 Å². The molecule has 4 aliphatic rings. The molecule has 1 unspecified atom stereocenters. The van der Waals surface area contributed by atoms with Crippen LogP contribution in [0.25, 0.3) is 0 Å². The Bertz CT molecular complexity index is 601. The molecule has 0 aromatic heterocycles. The lowest BCUT2D eigenvalue weighted by molar-refractivity contribution is -0.172. The van der Waals surface area contributed by atoms with E-state index in [1.807, 2.05) is 0 Å². The van der Waals surface area contributed by atoms with Crippen molar-refractivity contribution in [3.63, 3.8) is 0 Å². The van der Waals surface area contributed by atoms with Crippen molar-refractivity contribution in [3.8, 4) is 0 Å². The Morgan fingerprint density at radius 1 is 1.08 bits per heavy atom. The smallest absolute Gasteiger partial charge is 0.190 e. The summed E-state index contributed by atoms with van der Waals surface area (Å²) in [7, 11) is 0. The average Bonchev–Trinajstić information content (AvgIpc) is 2.86. The fourth-order valence-corrected chi connectivity index (χ4v) is 7.74. The van der Waals surface area contributed by atoms with E-state index in [1.54, 1.807) is 0 Å². The second-order valence-electron chi connectivity index (χ2n) is 9.85. The van der Waals surface area contributed by atoms with E-state index in [2.05, 4.69) is 13.8 Å². The molecule has 2 N–H and O–H groups in total. The van der Waals surface area contributed by atoms with Gasteiger partial charge in [0.1, 0.15) is 18.0 Å². The van der Waals surface area contributed by atoms with Gasteiger partial charge in [-0.3, -0.25) is 9.59 Å². The second-order valence-corrected chi connectivity index (χ2v) is 9.85. The Balaban J connectivity index is 1.66. The van der Waals surface area contributed by atoms with Gasteiger partial charge in [-0.05, 0) is 74.0 Å². The Labute approximate surface area is 150 Å². The molecular weight excluding hydrogens is 316 g/mol. The molecular formula is C21H32O4. The molecule has 4 aliphatic carbocycles. The molecule has 0 aromatic carbocycles. The van der Waals surface area contributed by atoms with Gasteiger partial charge in [-0.25, -0.2) is 0 Å². The summed E-state index contributed by atoms with van der Waals surface area (Å²) >= 11 is 0. The first-order valence-electron chi connectivity index (χ1n) is 10.1. The quantitative estimate of drug-likeness (QED) is 0.805. The lowest BCUT2D eigenvalue weighted by Crippen LogP contribution is -2.59. The fourth-order valence-electron chi connectivity index (χ4n) is 7.74. The minimum Gasteiger partial charge on any atom is -0.388 e. The average molecular weight is 348 g/mol. The summed E-state index contributed by atoms with van der Waals surface area (Å²) in [4.78, 5) is 24.6. The lowest BCUT2D eigenvalue weighted by atomic mass is 9.44. The van der Waals surface area contributed by atoms with Crippen LogP contribution in [0.3, 0.4) is 0 Å². The third-order valence-electron chi connectivity index (χ3n) is 9.17.